The Morgan fingerprint density at radius 1 is 1.12 bits per heavy atom. The van der Waals surface area contributed by atoms with Crippen molar-refractivity contribution in [3.8, 4) is 0 Å². The van der Waals surface area contributed by atoms with Gasteiger partial charge < -0.3 is 4.74 Å². The molecular weight excluding hydrogens is 214 g/mol. The van der Waals surface area contributed by atoms with E-state index in [1.807, 2.05) is 30.5 Å². The van der Waals surface area contributed by atoms with Crippen LogP contribution in [0, 0.1) is 0 Å². The second-order valence-corrected chi connectivity index (χ2v) is 4.24. The molecule has 0 radical (unpaired) electrons. The van der Waals surface area contributed by atoms with Gasteiger partial charge in [0.15, 0.2) is 0 Å². The first-order chi connectivity index (χ1) is 8.42. The van der Waals surface area contributed by atoms with Gasteiger partial charge in [0.25, 0.3) is 0 Å². The molecular formula is C13H15N3O. The second-order valence-electron chi connectivity index (χ2n) is 4.24. The van der Waals surface area contributed by atoms with Crippen LogP contribution in [0.1, 0.15) is 5.69 Å². The summed E-state index contributed by atoms with van der Waals surface area (Å²) < 4.78 is 5.33. The van der Waals surface area contributed by atoms with Crippen LogP contribution in [-0.4, -0.2) is 41.2 Å². The highest BCUT2D eigenvalue weighted by Gasteiger charge is 2.11. The number of hydrogen-bond donors (Lipinski definition) is 0. The number of fused-ring (bicyclic) bond motifs is 1. The maximum absolute atomic E-state index is 5.33. The topological polar surface area (TPSA) is 38.2 Å². The van der Waals surface area contributed by atoms with Crippen LogP contribution in [0.15, 0.2) is 30.5 Å². The van der Waals surface area contributed by atoms with Crippen LogP contribution in [0.2, 0.25) is 0 Å². The fourth-order valence-corrected chi connectivity index (χ4v) is 2.06. The van der Waals surface area contributed by atoms with Crippen molar-refractivity contribution in [3.05, 3.63) is 36.2 Å². The predicted molar refractivity (Wildman–Crippen MR) is 65.6 cm³/mol. The van der Waals surface area contributed by atoms with Gasteiger partial charge in [0.05, 0.1) is 36.1 Å². The van der Waals surface area contributed by atoms with Crippen LogP contribution in [-0.2, 0) is 11.3 Å². The monoisotopic (exact) mass is 229 g/mol. The number of hydrogen-bond acceptors (Lipinski definition) is 4. The average Bonchev–Trinajstić information content (AvgIpc) is 2.40. The molecule has 4 heteroatoms. The lowest BCUT2D eigenvalue weighted by Gasteiger charge is -2.25. The fourth-order valence-electron chi connectivity index (χ4n) is 2.06. The van der Waals surface area contributed by atoms with Crippen molar-refractivity contribution < 1.29 is 4.74 Å². The van der Waals surface area contributed by atoms with E-state index in [0.717, 1.165) is 49.6 Å². The van der Waals surface area contributed by atoms with Gasteiger partial charge in [-0.3, -0.25) is 9.88 Å². The quantitative estimate of drug-likeness (QED) is 0.781. The highest BCUT2D eigenvalue weighted by Crippen LogP contribution is 2.10. The van der Waals surface area contributed by atoms with Gasteiger partial charge in [-0.05, 0) is 12.1 Å². The Bertz CT molecular complexity index is 509. The lowest BCUT2D eigenvalue weighted by Crippen LogP contribution is -2.35. The van der Waals surface area contributed by atoms with Crippen LogP contribution in [0.3, 0.4) is 0 Å². The average molecular weight is 229 g/mol. The number of nitrogens with zero attached hydrogens (tertiary/aromatic N) is 3. The number of morpholine rings is 1. The van der Waals surface area contributed by atoms with E-state index in [0.29, 0.717) is 0 Å². The van der Waals surface area contributed by atoms with Crippen molar-refractivity contribution in [2.45, 2.75) is 6.54 Å². The Balaban J connectivity index is 1.80. The molecule has 0 amide bonds. The Morgan fingerprint density at radius 3 is 2.71 bits per heavy atom. The van der Waals surface area contributed by atoms with Gasteiger partial charge in [-0.15, -0.1) is 0 Å². The highest BCUT2D eigenvalue weighted by atomic mass is 16.5. The van der Waals surface area contributed by atoms with E-state index in [2.05, 4.69) is 14.9 Å². The summed E-state index contributed by atoms with van der Waals surface area (Å²) in [6.07, 6.45) is 1.87. The Morgan fingerprint density at radius 2 is 1.88 bits per heavy atom. The summed E-state index contributed by atoms with van der Waals surface area (Å²) in [6, 6.07) is 7.97. The molecule has 2 heterocycles. The van der Waals surface area contributed by atoms with Gasteiger partial charge >= 0.3 is 0 Å². The number of aromatic nitrogens is 2. The number of para-hydroxylation sites is 2. The summed E-state index contributed by atoms with van der Waals surface area (Å²) in [6.45, 7) is 4.46. The third kappa shape index (κ3) is 2.43. The smallest absolute Gasteiger partial charge is 0.0890 e. The zero-order chi connectivity index (χ0) is 11.5. The minimum atomic E-state index is 0.820. The first-order valence-corrected chi connectivity index (χ1v) is 5.92. The van der Waals surface area contributed by atoms with Gasteiger partial charge in [0.1, 0.15) is 0 Å². The second kappa shape index (κ2) is 4.77. The maximum atomic E-state index is 5.33. The van der Waals surface area contributed by atoms with E-state index in [-0.39, 0.29) is 0 Å². The summed E-state index contributed by atoms with van der Waals surface area (Å²) in [5.74, 6) is 0. The van der Waals surface area contributed by atoms with E-state index < -0.39 is 0 Å². The lowest BCUT2D eigenvalue weighted by atomic mass is 10.3. The van der Waals surface area contributed by atoms with Gasteiger partial charge in [-0.2, -0.15) is 0 Å². The van der Waals surface area contributed by atoms with Gasteiger partial charge in [-0.1, -0.05) is 12.1 Å². The van der Waals surface area contributed by atoms with Gasteiger partial charge in [0.2, 0.25) is 0 Å². The standard InChI is InChI=1S/C13H15N3O/c1-2-4-13-12(3-1)14-9-11(15-13)10-16-5-7-17-8-6-16/h1-4,9H,5-8,10H2. The zero-order valence-electron chi connectivity index (χ0n) is 9.67. The first-order valence-electron chi connectivity index (χ1n) is 5.92. The summed E-state index contributed by atoms with van der Waals surface area (Å²) in [7, 11) is 0. The van der Waals surface area contributed by atoms with Crippen molar-refractivity contribution in [1.82, 2.24) is 14.9 Å². The largest absolute Gasteiger partial charge is 0.379 e. The molecule has 3 rings (SSSR count). The number of ether oxygens (including phenoxy) is 1. The third-order valence-corrected chi connectivity index (χ3v) is 2.99. The Labute approximate surface area is 100 Å². The van der Waals surface area contributed by atoms with E-state index in [4.69, 9.17) is 4.74 Å². The highest BCUT2D eigenvalue weighted by molar-refractivity contribution is 5.73. The minimum Gasteiger partial charge on any atom is -0.379 e. The number of benzene rings is 1. The molecule has 1 saturated heterocycles. The molecule has 0 aliphatic carbocycles. The van der Waals surface area contributed by atoms with E-state index in [9.17, 15) is 0 Å². The molecule has 0 saturated carbocycles. The molecule has 0 atom stereocenters. The number of rotatable bonds is 2. The Hall–Kier alpha value is -1.52. The molecule has 0 unspecified atom stereocenters. The molecule has 1 fully saturated rings. The Kier molecular flexibility index (Phi) is 2.98. The van der Waals surface area contributed by atoms with E-state index in [1.165, 1.54) is 0 Å². The van der Waals surface area contributed by atoms with Crippen molar-refractivity contribution in [2.75, 3.05) is 26.3 Å². The maximum Gasteiger partial charge on any atom is 0.0890 e. The SMILES string of the molecule is c1ccc2nc(CN3CCOCC3)cnc2c1. The molecule has 1 aromatic carbocycles. The van der Waals surface area contributed by atoms with Crippen molar-refractivity contribution >= 4 is 11.0 Å². The summed E-state index contributed by atoms with van der Waals surface area (Å²) in [4.78, 5) is 11.4. The molecule has 4 nitrogen and oxygen atoms in total. The molecule has 1 aliphatic rings. The summed E-state index contributed by atoms with van der Waals surface area (Å²) >= 11 is 0. The molecule has 88 valence electrons. The van der Waals surface area contributed by atoms with Crippen molar-refractivity contribution in [2.24, 2.45) is 0 Å². The van der Waals surface area contributed by atoms with Gasteiger partial charge in [-0.25, -0.2) is 4.98 Å². The molecule has 2 aromatic rings. The molecule has 1 aromatic heterocycles. The minimum absolute atomic E-state index is 0.820. The van der Waals surface area contributed by atoms with Crippen LogP contribution in [0.25, 0.3) is 11.0 Å². The van der Waals surface area contributed by atoms with Crippen molar-refractivity contribution in [3.63, 3.8) is 0 Å². The predicted octanol–water partition coefficient (Wildman–Crippen LogP) is 1.46. The third-order valence-electron chi connectivity index (χ3n) is 2.99. The van der Waals surface area contributed by atoms with E-state index in [1.54, 1.807) is 0 Å². The molecule has 17 heavy (non-hydrogen) atoms. The lowest BCUT2D eigenvalue weighted by molar-refractivity contribution is 0.0336. The summed E-state index contributed by atoms with van der Waals surface area (Å²) in [5.41, 5.74) is 2.96. The van der Waals surface area contributed by atoms with Crippen LogP contribution < -0.4 is 0 Å². The zero-order valence-corrected chi connectivity index (χ0v) is 9.67. The molecule has 1 aliphatic heterocycles. The van der Waals surface area contributed by atoms with Crippen LogP contribution >= 0.6 is 0 Å². The first kappa shape index (κ1) is 10.6. The normalized spacial score (nSPS) is 17.4. The molecule has 0 N–H and O–H groups in total. The van der Waals surface area contributed by atoms with E-state index >= 15 is 0 Å². The van der Waals surface area contributed by atoms with Crippen molar-refractivity contribution in [1.29, 1.82) is 0 Å². The van der Waals surface area contributed by atoms with Crippen LogP contribution in [0.5, 0.6) is 0 Å². The fraction of sp³-hybridized carbons (Fsp3) is 0.385. The molecule has 0 spiro atoms. The summed E-state index contributed by atoms with van der Waals surface area (Å²) in [5, 5.41) is 0. The van der Waals surface area contributed by atoms with Gasteiger partial charge in [0, 0.05) is 19.6 Å². The molecule has 0 bridgehead atoms. The van der Waals surface area contributed by atoms with Crippen LogP contribution in [0.4, 0.5) is 0 Å².